The van der Waals surface area contributed by atoms with E-state index in [0.717, 1.165) is 31.7 Å². The lowest BCUT2D eigenvalue weighted by atomic mass is 10.1. The largest absolute Gasteiger partial charge is 0.377 e. The summed E-state index contributed by atoms with van der Waals surface area (Å²) in [4.78, 5) is 6.80. The first-order valence-corrected chi connectivity index (χ1v) is 6.69. The predicted octanol–water partition coefficient (Wildman–Crippen LogP) is 2.61. The Hall–Kier alpha value is -0.800. The van der Waals surface area contributed by atoms with Gasteiger partial charge in [0, 0.05) is 25.2 Å². The summed E-state index contributed by atoms with van der Waals surface area (Å²) in [5.74, 6) is 1.70. The molecule has 1 aromatic rings. The van der Waals surface area contributed by atoms with Gasteiger partial charge in [0.25, 0.3) is 0 Å². The normalized spacial score (nSPS) is 17.4. The average Bonchev–Trinajstić information content (AvgIpc) is 2.38. The summed E-state index contributed by atoms with van der Waals surface area (Å²) >= 11 is 5.62. The molecule has 2 heterocycles. The van der Waals surface area contributed by atoms with Crippen LogP contribution in [0.3, 0.4) is 0 Å². The van der Waals surface area contributed by atoms with Crippen LogP contribution in [0, 0.1) is 6.92 Å². The van der Waals surface area contributed by atoms with Crippen molar-refractivity contribution in [3.8, 4) is 0 Å². The van der Waals surface area contributed by atoms with E-state index in [2.05, 4.69) is 22.9 Å². The van der Waals surface area contributed by atoms with Gasteiger partial charge in [-0.1, -0.05) is 6.07 Å². The molecule has 0 aromatic carbocycles. The van der Waals surface area contributed by atoms with E-state index in [9.17, 15) is 0 Å². The standard InChI is InChI=1S/C13H19ClN2O/c1-11-3-2-7-15-13(11)16-8-4-12(5-9-16)17-10-6-14/h2-3,7,12H,4-6,8-10H2,1H3. The molecule has 1 fully saturated rings. The van der Waals surface area contributed by atoms with Gasteiger partial charge in [-0.15, -0.1) is 11.6 Å². The lowest BCUT2D eigenvalue weighted by Crippen LogP contribution is -2.38. The molecule has 4 heteroatoms. The maximum atomic E-state index is 5.67. The highest BCUT2D eigenvalue weighted by Crippen LogP contribution is 2.22. The molecule has 0 radical (unpaired) electrons. The molecular formula is C13H19ClN2O. The number of hydrogen-bond donors (Lipinski definition) is 0. The number of halogens is 1. The molecule has 0 bridgehead atoms. The Morgan fingerprint density at radius 3 is 2.88 bits per heavy atom. The van der Waals surface area contributed by atoms with Crippen LogP contribution in [-0.2, 0) is 4.74 Å². The first-order chi connectivity index (χ1) is 8.31. The molecule has 0 saturated carbocycles. The second kappa shape index (κ2) is 6.22. The van der Waals surface area contributed by atoms with Gasteiger partial charge < -0.3 is 9.64 Å². The molecule has 0 spiro atoms. The Kier molecular flexibility index (Phi) is 4.63. The highest BCUT2D eigenvalue weighted by molar-refractivity contribution is 6.17. The molecule has 17 heavy (non-hydrogen) atoms. The van der Waals surface area contributed by atoms with Crippen LogP contribution in [0.4, 0.5) is 5.82 Å². The molecule has 1 aromatic heterocycles. The van der Waals surface area contributed by atoms with Gasteiger partial charge in [0.05, 0.1) is 12.7 Å². The van der Waals surface area contributed by atoms with Gasteiger partial charge in [-0.3, -0.25) is 0 Å². The number of pyridine rings is 1. The molecule has 1 saturated heterocycles. The first-order valence-electron chi connectivity index (χ1n) is 6.15. The minimum atomic E-state index is 0.369. The molecule has 0 N–H and O–H groups in total. The highest BCUT2D eigenvalue weighted by Gasteiger charge is 2.21. The van der Waals surface area contributed by atoms with Crippen LogP contribution < -0.4 is 4.90 Å². The molecule has 2 rings (SSSR count). The van der Waals surface area contributed by atoms with Crippen LogP contribution in [0.2, 0.25) is 0 Å². The van der Waals surface area contributed by atoms with Gasteiger partial charge >= 0.3 is 0 Å². The van der Waals surface area contributed by atoms with Gasteiger partial charge in [-0.2, -0.15) is 0 Å². The Balaban J connectivity index is 1.89. The SMILES string of the molecule is Cc1cccnc1N1CCC(OCCCl)CC1. The summed E-state index contributed by atoms with van der Waals surface area (Å²) in [6, 6.07) is 4.09. The number of alkyl halides is 1. The van der Waals surface area contributed by atoms with Crippen molar-refractivity contribution >= 4 is 17.4 Å². The summed E-state index contributed by atoms with van der Waals surface area (Å²) in [7, 11) is 0. The highest BCUT2D eigenvalue weighted by atomic mass is 35.5. The maximum absolute atomic E-state index is 5.67. The van der Waals surface area contributed by atoms with E-state index in [-0.39, 0.29) is 0 Å². The van der Waals surface area contributed by atoms with Crippen LogP contribution in [0.25, 0.3) is 0 Å². The van der Waals surface area contributed by atoms with E-state index in [1.807, 2.05) is 12.3 Å². The van der Waals surface area contributed by atoms with E-state index in [1.54, 1.807) is 0 Å². The van der Waals surface area contributed by atoms with Crippen molar-refractivity contribution in [2.24, 2.45) is 0 Å². The van der Waals surface area contributed by atoms with E-state index < -0.39 is 0 Å². The van der Waals surface area contributed by atoms with E-state index >= 15 is 0 Å². The second-order valence-electron chi connectivity index (χ2n) is 4.39. The predicted molar refractivity (Wildman–Crippen MR) is 70.9 cm³/mol. The minimum absolute atomic E-state index is 0.369. The number of piperidine rings is 1. The molecule has 0 amide bonds. The quantitative estimate of drug-likeness (QED) is 0.773. The Morgan fingerprint density at radius 1 is 1.47 bits per heavy atom. The third-order valence-electron chi connectivity index (χ3n) is 3.15. The summed E-state index contributed by atoms with van der Waals surface area (Å²) < 4.78 is 5.67. The first kappa shape index (κ1) is 12.7. The Bertz CT molecular complexity index is 351. The van der Waals surface area contributed by atoms with Crippen molar-refractivity contribution in [2.75, 3.05) is 30.5 Å². The van der Waals surface area contributed by atoms with Crippen molar-refractivity contribution in [2.45, 2.75) is 25.9 Å². The third kappa shape index (κ3) is 3.33. The van der Waals surface area contributed by atoms with Gasteiger partial charge in [0.1, 0.15) is 5.82 Å². The summed E-state index contributed by atoms with van der Waals surface area (Å²) in [6.45, 7) is 4.81. The fourth-order valence-electron chi connectivity index (χ4n) is 2.25. The molecule has 0 aliphatic carbocycles. The van der Waals surface area contributed by atoms with Crippen molar-refractivity contribution in [1.29, 1.82) is 0 Å². The Labute approximate surface area is 108 Å². The molecule has 0 atom stereocenters. The molecule has 0 unspecified atom stereocenters. The van der Waals surface area contributed by atoms with E-state index in [1.165, 1.54) is 5.56 Å². The summed E-state index contributed by atoms with van der Waals surface area (Å²) in [6.07, 6.45) is 4.35. The summed E-state index contributed by atoms with van der Waals surface area (Å²) in [5.41, 5.74) is 1.24. The van der Waals surface area contributed by atoms with Gasteiger partial charge in [0.15, 0.2) is 0 Å². The molecule has 3 nitrogen and oxygen atoms in total. The van der Waals surface area contributed by atoms with Gasteiger partial charge in [-0.25, -0.2) is 4.98 Å². The number of rotatable bonds is 4. The van der Waals surface area contributed by atoms with Crippen LogP contribution in [-0.4, -0.2) is 36.7 Å². The van der Waals surface area contributed by atoms with Crippen LogP contribution >= 0.6 is 11.6 Å². The fraction of sp³-hybridized carbons (Fsp3) is 0.615. The second-order valence-corrected chi connectivity index (χ2v) is 4.77. The monoisotopic (exact) mass is 254 g/mol. The lowest BCUT2D eigenvalue weighted by Gasteiger charge is -2.33. The van der Waals surface area contributed by atoms with Crippen molar-refractivity contribution < 1.29 is 4.74 Å². The fourth-order valence-corrected chi connectivity index (χ4v) is 2.34. The smallest absolute Gasteiger partial charge is 0.131 e. The zero-order valence-corrected chi connectivity index (χ0v) is 11.0. The number of aromatic nitrogens is 1. The van der Waals surface area contributed by atoms with Gasteiger partial charge in [-0.05, 0) is 31.4 Å². The molecular weight excluding hydrogens is 236 g/mol. The molecule has 1 aliphatic heterocycles. The van der Waals surface area contributed by atoms with Crippen molar-refractivity contribution in [3.05, 3.63) is 23.9 Å². The molecule has 1 aliphatic rings. The van der Waals surface area contributed by atoms with Crippen LogP contribution in [0.1, 0.15) is 18.4 Å². The number of aryl methyl sites for hydroxylation is 1. The van der Waals surface area contributed by atoms with Crippen molar-refractivity contribution in [1.82, 2.24) is 4.98 Å². The number of nitrogens with zero attached hydrogens (tertiary/aromatic N) is 2. The van der Waals surface area contributed by atoms with Crippen molar-refractivity contribution in [3.63, 3.8) is 0 Å². The molecule has 94 valence electrons. The minimum Gasteiger partial charge on any atom is -0.377 e. The van der Waals surface area contributed by atoms with E-state index in [4.69, 9.17) is 16.3 Å². The number of ether oxygens (including phenoxy) is 1. The number of hydrogen-bond acceptors (Lipinski definition) is 3. The zero-order chi connectivity index (χ0) is 12.1. The van der Waals surface area contributed by atoms with E-state index in [0.29, 0.717) is 18.6 Å². The lowest BCUT2D eigenvalue weighted by molar-refractivity contribution is 0.0471. The number of anilines is 1. The summed E-state index contributed by atoms with van der Waals surface area (Å²) in [5, 5.41) is 0. The van der Waals surface area contributed by atoms with Gasteiger partial charge in [0.2, 0.25) is 0 Å². The van der Waals surface area contributed by atoms with Crippen LogP contribution in [0.5, 0.6) is 0 Å². The third-order valence-corrected chi connectivity index (χ3v) is 3.31. The zero-order valence-electron chi connectivity index (χ0n) is 10.2. The Morgan fingerprint density at radius 2 is 2.24 bits per heavy atom. The topological polar surface area (TPSA) is 25.4 Å². The average molecular weight is 255 g/mol. The van der Waals surface area contributed by atoms with Crippen LogP contribution in [0.15, 0.2) is 18.3 Å². The maximum Gasteiger partial charge on any atom is 0.131 e.